The number of carbonyl (C=O) groups excluding carboxylic acids is 1. The summed E-state index contributed by atoms with van der Waals surface area (Å²) in [5.74, 6) is -1.19. The molecule has 2 aromatic rings. The molecule has 1 unspecified atom stereocenters. The highest BCUT2D eigenvalue weighted by atomic mass is 19.1. The van der Waals surface area contributed by atoms with Crippen molar-refractivity contribution < 1.29 is 18.3 Å². The van der Waals surface area contributed by atoms with Crippen LogP contribution in [-0.2, 0) is 10.3 Å². The fourth-order valence-corrected chi connectivity index (χ4v) is 3.09. The number of nitrogens with one attached hydrogen (secondary N) is 1. The van der Waals surface area contributed by atoms with Gasteiger partial charge in [-0.1, -0.05) is 6.92 Å². The van der Waals surface area contributed by atoms with Crippen LogP contribution in [0.15, 0.2) is 41.5 Å². The second kappa shape index (κ2) is 7.79. The van der Waals surface area contributed by atoms with Crippen LogP contribution in [0.5, 0.6) is 0 Å². The summed E-state index contributed by atoms with van der Waals surface area (Å²) in [4.78, 5) is 20.5. The number of aromatic nitrogens is 1. The number of nitrogens with zero attached hydrogens (tertiary/aromatic N) is 2. The fourth-order valence-electron chi connectivity index (χ4n) is 3.09. The normalized spacial score (nSPS) is 19.9. The van der Waals surface area contributed by atoms with Crippen molar-refractivity contribution in [2.45, 2.75) is 25.3 Å². The number of ether oxygens (including phenoxy) is 1. The lowest BCUT2D eigenvalue weighted by Gasteiger charge is -2.29. The van der Waals surface area contributed by atoms with E-state index in [2.05, 4.69) is 15.3 Å². The van der Waals surface area contributed by atoms with E-state index in [4.69, 9.17) is 10.5 Å². The maximum absolute atomic E-state index is 14.6. The van der Waals surface area contributed by atoms with Gasteiger partial charge in [0.1, 0.15) is 29.8 Å². The van der Waals surface area contributed by atoms with Gasteiger partial charge in [-0.3, -0.25) is 9.79 Å². The Morgan fingerprint density at radius 2 is 2.15 bits per heavy atom. The van der Waals surface area contributed by atoms with Crippen molar-refractivity contribution in [1.82, 2.24) is 4.98 Å². The molecule has 0 saturated heterocycles. The minimum Gasteiger partial charge on any atom is -0.386 e. The molecular formula is C19H20F2N4O2. The lowest BCUT2D eigenvalue weighted by Crippen LogP contribution is -2.28. The first-order chi connectivity index (χ1) is 12.9. The maximum atomic E-state index is 14.6. The molecule has 1 atom stereocenters. The summed E-state index contributed by atoms with van der Waals surface area (Å²) in [5.41, 5.74) is 5.79. The third-order valence-electron chi connectivity index (χ3n) is 4.54. The number of carbonyl (C=O) groups is 1. The van der Waals surface area contributed by atoms with Gasteiger partial charge in [0.15, 0.2) is 0 Å². The molecule has 0 bridgehead atoms. The molecule has 1 aliphatic heterocycles. The molecule has 142 valence electrons. The van der Waals surface area contributed by atoms with Crippen LogP contribution in [0.4, 0.5) is 14.5 Å². The van der Waals surface area contributed by atoms with E-state index in [0.717, 1.165) is 12.3 Å². The van der Waals surface area contributed by atoms with Gasteiger partial charge in [-0.15, -0.1) is 0 Å². The molecule has 1 aromatic carbocycles. The van der Waals surface area contributed by atoms with Crippen LogP contribution in [0.25, 0.3) is 0 Å². The van der Waals surface area contributed by atoms with E-state index in [1.54, 1.807) is 6.07 Å². The maximum Gasteiger partial charge on any atom is 0.274 e. The first-order valence-electron chi connectivity index (χ1n) is 8.58. The van der Waals surface area contributed by atoms with Crippen molar-refractivity contribution in [2.75, 3.05) is 18.5 Å². The summed E-state index contributed by atoms with van der Waals surface area (Å²) in [6, 6.07) is 6.69. The van der Waals surface area contributed by atoms with Crippen molar-refractivity contribution in [3.05, 3.63) is 59.4 Å². The molecule has 3 rings (SSSR count). The Bertz CT molecular complexity index is 871. The smallest absolute Gasteiger partial charge is 0.274 e. The number of halogens is 2. The van der Waals surface area contributed by atoms with Gasteiger partial charge >= 0.3 is 0 Å². The van der Waals surface area contributed by atoms with Crippen molar-refractivity contribution in [2.24, 2.45) is 10.7 Å². The molecule has 3 N–H and O–H groups in total. The van der Waals surface area contributed by atoms with E-state index >= 15 is 0 Å². The number of nitrogens with two attached hydrogens (primary N) is 1. The monoisotopic (exact) mass is 374 g/mol. The number of anilines is 1. The molecule has 0 saturated carbocycles. The Hall–Kier alpha value is -2.87. The number of amidine groups is 1. The summed E-state index contributed by atoms with van der Waals surface area (Å²) in [5, 5.41) is 2.65. The number of pyridine rings is 1. The molecule has 6 nitrogen and oxygen atoms in total. The van der Waals surface area contributed by atoms with Crippen LogP contribution in [0.2, 0.25) is 0 Å². The highest BCUT2D eigenvalue weighted by Gasteiger charge is 2.34. The molecule has 1 amide bonds. The Balaban J connectivity index is 1.93. The Morgan fingerprint density at radius 3 is 2.85 bits per heavy atom. The standard InChI is InChI=1S/C19H20F2N4O2/c1-2-19(7-8-27-11-17(22)25-19)14-9-13(4-5-15(14)21)24-18(26)16-6-3-12(20)10-23-16/h3-6,9-10H,2,7-8,11H2,1H3,(H2,22,25)(H,24,26). The second-order valence-electron chi connectivity index (χ2n) is 6.30. The zero-order valence-electron chi connectivity index (χ0n) is 14.8. The number of hydrogen-bond donors (Lipinski definition) is 2. The Morgan fingerprint density at radius 1 is 1.33 bits per heavy atom. The van der Waals surface area contributed by atoms with Crippen molar-refractivity contribution in [3.63, 3.8) is 0 Å². The third kappa shape index (κ3) is 4.11. The number of hydrogen-bond acceptors (Lipinski definition) is 5. The van der Waals surface area contributed by atoms with Gasteiger partial charge < -0.3 is 15.8 Å². The summed E-state index contributed by atoms with van der Waals surface area (Å²) < 4.78 is 33.0. The van der Waals surface area contributed by atoms with Crippen molar-refractivity contribution >= 4 is 17.4 Å². The van der Waals surface area contributed by atoms with Gasteiger partial charge in [0.05, 0.1) is 11.7 Å². The molecule has 2 heterocycles. The molecule has 1 aliphatic rings. The highest BCUT2D eigenvalue weighted by Crippen LogP contribution is 2.37. The first kappa shape index (κ1) is 18.9. The van der Waals surface area contributed by atoms with E-state index in [9.17, 15) is 13.6 Å². The molecule has 0 spiro atoms. The van der Waals surface area contributed by atoms with Gasteiger partial charge in [-0.05, 0) is 36.8 Å². The molecule has 0 radical (unpaired) electrons. The average molecular weight is 374 g/mol. The van der Waals surface area contributed by atoms with Crippen LogP contribution >= 0.6 is 0 Å². The fraction of sp³-hybridized carbons (Fsp3) is 0.316. The van der Waals surface area contributed by atoms with E-state index in [0.29, 0.717) is 36.5 Å². The van der Waals surface area contributed by atoms with E-state index in [-0.39, 0.29) is 12.3 Å². The van der Waals surface area contributed by atoms with Gasteiger partial charge in [0.2, 0.25) is 0 Å². The number of rotatable bonds is 4. The quantitative estimate of drug-likeness (QED) is 0.861. The van der Waals surface area contributed by atoms with E-state index in [1.165, 1.54) is 18.2 Å². The van der Waals surface area contributed by atoms with Crippen LogP contribution in [-0.4, -0.2) is 29.9 Å². The second-order valence-corrected chi connectivity index (χ2v) is 6.30. The van der Waals surface area contributed by atoms with E-state index in [1.807, 2.05) is 6.92 Å². The number of aliphatic imine (C=N–C) groups is 1. The minimum atomic E-state index is -0.862. The van der Waals surface area contributed by atoms with Crippen LogP contribution < -0.4 is 11.1 Å². The number of benzene rings is 1. The predicted molar refractivity (Wildman–Crippen MR) is 97.6 cm³/mol. The lowest BCUT2D eigenvalue weighted by molar-refractivity contribution is 0.102. The predicted octanol–water partition coefficient (Wildman–Crippen LogP) is 2.99. The third-order valence-corrected chi connectivity index (χ3v) is 4.54. The highest BCUT2D eigenvalue weighted by molar-refractivity contribution is 6.02. The van der Waals surface area contributed by atoms with Gasteiger partial charge in [0, 0.05) is 24.3 Å². The van der Waals surface area contributed by atoms with Gasteiger partial charge in [0.25, 0.3) is 5.91 Å². The molecule has 1 aromatic heterocycles. The van der Waals surface area contributed by atoms with Crippen LogP contribution in [0.3, 0.4) is 0 Å². The molecule has 8 heteroatoms. The minimum absolute atomic E-state index is 0.0533. The summed E-state index contributed by atoms with van der Waals surface area (Å²) in [6.07, 6.45) is 1.95. The zero-order valence-corrected chi connectivity index (χ0v) is 14.8. The summed E-state index contributed by atoms with van der Waals surface area (Å²) in [7, 11) is 0. The first-order valence-corrected chi connectivity index (χ1v) is 8.58. The molecule has 0 aliphatic carbocycles. The molecule has 27 heavy (non-hydrogen) atoms. The SMILES string of the molecule is CCC1(c2cc(NC(=O)c3ccc(F)cn3)ccc2F)CCOCC(N)=N1. The van der Waals surface area contributed by atoms with E-state index < -0.39 is 23.1 Å². The average Bonchev–Trinajstić information content (AvgIpc) is 2.85. The molecule has 0 fully saturated rings. The van der Waals surface area contributed by atoms with Crippen LogP contribution in [0.1, 0.15) is 35.8 Å². The Labute approximate surface area is 155 Å². The van der Waals surface area contributed by atoms with Gasteiger partial charge in [-0.25, -0.2) is 13.8 Å². The largest absolute Gasteiger partial charge is 0.386 e. The lowest BCUT2D eigenvalue weighted by atomic mass is 9.84. The molecular weight excluding hydrogens is 354 g/mol. The van der Waals surface area contributed by atoms with Crippen molar-refractivity contribution in [1.29, 1.82) is 0 Å². The summed E-state index contributed by atoms with van der Waals surface area (Å²) >= 11 is 0. The topological polar surface area (TPSA) is 89.6 Å². The van der Waals surface area contributed by atoms with Gasteiger partial charge in [-0.2, -0.15) is 0 Å². The number of amides is 1. The summed E-state index contributed by atoms with van der Waals surface area (Å²) in [6.45, 7) is 2.50. The zero-order chi connectivity index (χ0) is 19.4. The van der Waals surface area contributed by atoms with Crippen molar-refractivity contribution in [3.8, 4) is 0 Å². The Kier molecular flexibility index (Phi) is 5.46. The van der Waals surface area contributed by atoms with Crippen LogP contribution in [0, 0.1) is 11.6 Å².